The number of aliphatic hydroxyl groups is 1. The van der Waals surface area contributed by atoms with Crippen molar-refractivity contribution in [2.24, 2.45) is 11.8 Å². The maximum Gasteiger partial charge on any atom is 0.125 e. The van der Waals surface area contributed by atoms with Crippen LogP contribution in [0.4, 0.5) is 4.39 Å². The van der Waals surface area contributed by atoms with Crippen LogP contribution in [0.5, 0.6) is 5.75 Å². The first-order chi connectivity index (χ1) is 13.1. The zero-order valence-corrected chi connectivity index (χ0v) is 15.1. The van der Waals surface area contributed by atoms with E-state index in [1.807, 2.05) is 24.3 Å². The monoisotopic (exact) mass is 366 g/mol. The van der Waals surface area contributed by atoms with E-state index >= 15 is 0 Å². The molecule has 1 aliphatic carbocycles. The van der Waals surface area contributed by atoms with Gasteiger partial charge in [-0.25, -0.2) is 4.39 Å². The number of rotatable bonds is 4. The second-order valence-corrected chi connectivity index (χ2v) is 7.67. The van der Waals surface area contributed by atoms with Gasteiger partial charge in [-0.1, -0.05) is 12.1 Å². The van der Waals surface area contributed by atoms with Crippen molar-refractivity contribution in [3.8, 4) is 11.8 Å². The first kappa shape index (κ1) is 18.0. The van der Waals surface area contributed by atoms with Crippen molar-refractivity contribution in [1.82, 2.24) is 4.90 Å². The van der Waals surface area contributed by atoms with E-state index in [2.05, 4.69) is 11.0 Å². The van der Waals surface area contributed by atoms with Gasteiger partial charge in [0.15, 0.2) is 0 Å². The lowest BCUT2D eigenvalue weighted by atomic mass is 9.78. The van der Waals surface area contributed by atoms with Crippen LogP contribution in [0.15, 0.2) is 48.5 Å². The van der Waals surface area contributed by atoms with E-state index < -0.39 is 6.10 Å². The largest absolute Gasteiger partial charge is 0.488 e. The van der Waals surface area contributed by atoms with Crippen molar-refractivity contribution in [2.45, 2.75) is 31.6 Å². The third kappa shape index (κ3) is 4.13. The predicted molar refractivity (Wildman–Crippen MR) is 99.5 cm³/mol. The molecule has 2 aromatic carbocycles. The highest BCUT2D eigenvalue weighted by Crippen LogP contribution is 2.38. The summed E-state index contributed by atoms with van der Waals surface area (Å²) in [6.45, 7) is 2.82. The fourth-order valence-corrected chi connectivity index (χ4v) is 4.37. The Hall–Kier alpha value is -2.42. The molecule has 4 nitrogen and oxygen atoms in total. The molecule has 1 aliphatic heterocycles. The number of hydrogen-bond donors (Lipinski definition) is 1. The second kappa shape index (κ2) is 7.67. The summed E-state index contributed by atoms with van der Waals surface area (Å²) in [7, 11) is 0. The van der Waals surface area contributed by atoms with Gasteiger partial charge in [0.05, 0.1) is 17.7 Å². The topological polar surface area (TPSA) is 56.5 Å². The SMILES string of the molecule is N#Cc1ccc(CN2C[C@H]3C[C@@H](Oc4ccc(F)cc4)[C@H](O)C[C@H]3C2)cc1. The van der Waals surface area contributed by atoms with Gasteiger partial charge >= 0.3 is 0 Å². The Morgan fingerprint density at radius 3 is 2.37 bits per heavy atom. The van der Waals surface area contributed by atoms with Gasteiger partial charge in [-0.05, 0) is 66.6 Å². The highest BCUT2D eigenvalue weighted by atomic mass is 19.1. The predicted octanol–water partition coefficient (Wildman–Crippen LogP) is 3.35. The van der Waals surface area contributed by atoms with Crippen molar-refractivity contribution in [2.75, 3.05) is 13.1 Å². The van der Waals surface area contributed by atoms with E-state index in [4.69, 9.17) is 10.00 Å². The minimum Gasteiger partial charge on any atom is -0.488 e. The summed E-state index contributed by atoms with van der Waals surface area (Å²) in [6.07, 6.45) is 0.811. The van der Waals surface area contributed by atoms with Crippen LogP contribution in [0, 0.1) is 29.0 Å². The van der Waals surface area contributed by atoms with Crippen LogP contribution in [0.1, 0.15) is 24.0 Å². The van der Waals surface area contributed by atoms with Crippen LogP contribution in [0.25, 0.3) is 0 Å². The zero-order chi connectivity index (χ0) is 18.8. The van der Waals surface area contributed by atoms with E-state index in [9.17, 15) is 9.50 Å². The third-order valence-corrected chi connectivity index (χ3v) is 5.75. The average molecular weight is 366 g/mol. The summed E-state index contributed by atoms with van der Waals surface area (Å²) in [6, 6.07) is 15.9. The van der Waals surface area contributed by atoms with Gasteiger partial charge in [-0.15, -0.1) is 0 Å². The molecule has 1 saturated heterocycles. The van der Waals surface area contributed by atoms with Crippen LogP contribution >= 0.6 is 0 Å². The van der Waals surface area contributed by atoms with Crippen LogP contribution in [0.2, 0.25) is 0 Å². The molecule has 2 aliphatic rings. The standard InChI is InChI=1S/C22H23FN2O2/c23-19-5-7-20(8-6-19)27-22-10-18-14-25(13-17(18)9-21(22)26)12-16-3-1-15(11-24)2-4-16/h1-8,17-18,21-22,26H,9-10,12-14H2/t17-,18+,21+,22+/m0/s1. The molecule has 140 valence electrons. The van der Waals surface area contributed by atoms with Crippen LogP contribution in [0.3, 0.4) is 0 Å². The fourth-order valence-electron chi connectivity index (χ4n) is 4.37. The molecular weight excluding hydrogens is 343 g/mol. The average Bonchev–Trinajstić information content (AvgIpc) is 3.05. The summed E-state index contributed by atoms with van der Waals surface area (Å²) in [5.74, 6) is 1.29. The van der Waals surface area contributed by atoms with E-state index in [0.717, 1.165) is 32.5 Å². The van der Waals surface area contributed by atoms with Gasteiger partial charge in [0, 0.05) is 19.6 Å². The van der Waals surface area contributed by atoms with Gasteiger partial charge in [0.1, 0.15) is 17.7 Å². The van der Waals surface area contributed by atoms with Crippen LogP contribution in [-0.2, 0) is 6.54 Å². The molecule has 0 aromatic heterocycles. The minimum atomic E-state index is -0.494. The molecule has 2 fully saturated rings. The van der Waals surface area contributed by atoms with E-state index in [-0.39, 0.29) is 11.9 Å². The van der Waals surface area contributed by atoms with Gasteiger partial charge in [0.2, 0.25) is 0 Å². The van der Waals surface area contributed by atoms with Gasteiger partial charge < -0.3 is 9.84 Å². The molecule has 0 bridgehead atoms. The summed E-state index contributed by atoms with van der Waals surface area (Å²) in [5, 5.41) is 19.4. The molecule has 1 heterocycles. The fraction of sp³-hybridized carbons (Fsp3) is 0.409. The molecule has 2 aromatic rings. The summed E-state index contributed by atoms with van der Waals surface area (Å²) >= 11 is 0. The van der Waals surface area contributed by atoms with Crippen molar-refractivity contribution >= 4 is 0 Å². The Morgan fingerprint density at radius 2 is 1.70 bits per heavy atom. The number of fused-ring (bicyclic) bond motifs is 1. The number of halogens is 1. The van der Waals surface area contributed by atoms with Crippen molar-refractivity contribution < 1.29 is 14.2 Å². The number of ether oxygens (including phenoxy) is 1. The van der Waals surface area contributed by atoms with E-state index in [1.165, 1.54) is 17.7 Å². The first-order valence-electron chi connectivity index (χ1n) is 9.42. The zero-order valence-electron chi connectivity index (χ0n) is 15.1. The van der Waals surface area contributed by atoms with Crippen LogP contribution < -0.4 is 4.74 Å². The minimum absolute atomic E-state index is 0.244. The van der Waals surface area contributed by atoms with Gasteiger partial charge in [-0.3, -0.25) is 4.90 Å². The Labute approximate surface area is 158 Å². The molecule has 27 heavy (non-hydrogen) atoms. The molecule has 0 radical (unpaired) electrons. The Balaban J connectivity index is 1.36. The number of hydrogen-bond acceptors (Lipinski definition) is 4. The maximum atomic E-state index is 13.1. The smallest absolute Gasteiger partial charge is 0.125 e. The van der Waals surface area contributed by atoms with Crippen LogP contribution in [-0.4, -0.2) is 35.3 Å². The molecule has 1 saturated carbocycles. The highest BCUT2D eigenvalue weighted by Gasteiger charge is 2.42. The van der Waals surface area contributed by atoms with Crippen molar-refractivity contribution in [3.05, 3.63) is 65.5 Å². The third-order valence-electron chi connectivity index (χ3n) is 5.75. The lowest BCUT2D eigenvalue weighted by molar-refractivity contribution is -0.0231. The van der Waals surface area contributed by atoms with E-state index in [1.54, 1.807) is 12.1 Å². The first-order valence-corrected chi connectivity index (χ1v) is 9.42. The van der Waals surface area contributed by atoms with Gasteiger partial charge in [-0.2, -0.15) is 5.26 Å². The summed E-state index contributed by atoms with van der Waals surface area (Å²) in [5.41, 5.74) is 1.88. The molecular formula is C22H23FN2O2. The lowest BCUT2D eigenvalue weighted by Crippen LogP contribution is -2.42. The second-order valence-electron chi connectivity index (χ2n) is 7.67. The Morgan fingerprint density at radius 1 is 1.04 bits per heavy atom. The number of aliphatic hydroxyl groups excluding tert-OH is 1. The molecule has 0 amide bonds. The maximum absolute atomic E-state index is 13.1. The Bertz CT molecular complexity index is 816. The van der Waals surface area contributed by atoms with Gasteiger partial charge in [0.25, 0.3) is 0 Å². The summed E-state index contributed by atoms with van der Waals surface area (Å²) < 4.78 is 19.0. The number of nitriles is 1. The summed E-state index contributed by atoms with van der Waals surface area (Å²) in [4.78, 5) is 2.42. The van der Waals surface area contributed by atoms with Crippen molar-refractivity contribution in [3.63, 3.8) is 0 Å². The number of nitrogens with zero attached hydrogens (tertiary/aromatic N) is 2. The lowest BCUT2D eigenvalue weighted by Gasteiger charge is -2.35. The normalized spacial score (nSPS) is 27.7. The number of likely N-dealkylation sites (tertiary alicyclic amines) is 1. The molecule has 4 rings (SSSR count). The molecule has 5 heteroatoms. The quantitative estimate of drug-likeness (QED) is 0.902. The molecule has 1 N–H and O–H groups in total. The molecule has 0 spiro atoms. The molecule has 4 atom stereocenters. The van der Waals surface area contributed by atoms with Crippen molar-refractivity contribution in [1.29, 1.82) is 5.26 Å². The highest BCUT2D eigenvalue weighted by molar-refractivity contribution is 5.31. The number of benzene rings is 2. The Kier molecular flexibility index (Phi) is 5.11. The molecule has 0 unspecified atom stereocenters. The van der Waals surface area contributed by atoms with E-state index in [0.29, 0.717) is 23.1 Å².